The van der Waals surface area contributed by atoms with Gasteiger partial charge in [0.25, 0.3) is 11.8 Å². The lowest BCUT2D eigenvalue weighted by Crippen LogP contribution is -2.36. The van der Waals surface area contributed by atoms with Crippen LogP contribution in [0.3, 0.4) is 0 Å². The molecule has 0 aliphatic carbocycles. The number of hydrogen-bond acceptors (Lipinski definition) is 4. The van der Waals surface area contributed by atoms with Gasteiger partial charge in [-0.2, -0.15) is 0 Å². The molecule has 5 rings (SSSR count). The van der Waals surface area contributed by atoms with Crippen LogP contribution in [0, 0.1) is 0 Å². The highest BCUT2D eigenvalue weighted by Crippen LogP contribution is 2.28. The van der Waals surface area contributed by atoms with Gasteiger partial charge >= 0.3 is 0 Å². The van der Waals surface area contributed by atoms with E-state index in [4.69, 9.17) is 4.74 Å². The SMILES string of the molecule is O=C(Cc1cccc2ccccc12)Nc1ccc2c(c1)C(=O)N(CC1CCCO1)C2=O. The number of nitrogens with zero attached hydrogens (tertiary/aromatic N) is 1. The molecule has 0 saturated carbocycles. The predicted molar refractivity (Wildman–Crippen MR) is 117 cm³/mol. The van der Waals surface area contributed by atoms with Crippen LogP contribution in [0.2, 0.25) is 0 Å². The zero-order valence-electron chi connectivity index (χ0n) is 17.0. The summed E-state index contributed by atoms with van der Waals surface area (Å²) < 4.78 is 5.57. The minimum Gasteiger partial charge on any atom is -0.376 e. The molecule has 1 N–H and O–H groups in total. The molecule has 1 saturated heterocycles. The maximum Gasteiger partial charge on any atom is 0.261 e. The van der Waals surface area contributed by atoms with E-state index in [1.165, 1.54) is 4.90 Å². The van der Waals surface area contributed by atoms with Gasteiger partial charge in [-0.05, 0) is 47.4 Å². The molecule has 2 aliphatic rings. The lowest BCUT2D eigenvalue weighted by Gasteiger charge is -2.17. The fraction of sp³-hybridized carbons (Fsp3) is 0.240. The number of ether oxygens (including phenoxy) is 1. The molecule has 3 aromatic rings. The quantitative estimate of drug-likeness (QED) is 0.645. The highest BCUT2D eigenvalue weighted by atomic mass is 16.5. The van der Waals surface area contributed by atoms with Gasteiger partial charge < -0.3 is 10.1 Å². The van der Waals surface area contributed by atoms with Gasteiger partial charge in [0.05, 0.1) is 30.2 Å². The number of nitrogens with one attached hydrogen (secondary N) is 1. The van der Waals surface area contributed by atoms with E-state index in [2.05, 4.69) is 5.32 Å². The van der Waals surface area contributed by atoms with Crippen LogP contribution in [0.25, 0.3) is 10.8 Å². The molecule has 0 bridgehead atoms. The Morgan fingerprint density at radius 3 is 2.65 bits per heavy atom. The summed E-state index contributed by atoms with van der Waals surface area (Å²) >= 11 is 0. The topological polar surface area (TPSA) is 75.7 Å². The smallest absolute Gasteiger partial charge is 0.261 e. The van der Waals surface area contributed by atoms with Gasteiger partial charge in [-0.1, -0.05) is 42.5 Å². The zero-order chi connectivity index (χ0) is 21.4. The Morgan fingerprint density at radius 1 is 1.00 bits per heavy atom. The second-order valence-electron chi connectivity index (χ2n) is 7.98. The van der Waals surface area contributed by atoms with Crippen LogP contribution in [0.15, 0.2) is 60.7 Å². The number of benzene rings is 3. The van der Waals surface area contributed by atoms with Crippen molar-refractivity contribution in [3.05, 3.63) is 77.4 Å². The van der Waals surface area contributed by atoms with Crippen molar-refractivity contribution < 1.29 is 19.1 Å². The molecule has 3 amide bonds. The molecule has 3 aromatic carbocycles. The van der Waals surface area contributed by atoms with Crippen molar-refractivity contribution in [1.82, 2.24) is 4.90 Å². The van der Waals surface area contributed by atoms with Crippen LogP contribution in [-0.4, -0.2) is 41.9 Å². The molecular formula is C25H22N2O4. The van der Waals surface area contributed by atoms with Crippen molar-refractivity contribution in [3.8, 4) is 0 Å². The monoisotopic (exact) mass is 414 g/mol. The maximum absolute atomic E-state index is 12.8. The molecule has 1 unspecified atom stereocenters. The van der Waals surface area contributed by atoms with Gasteiger partial charge in [0.1, 0.15) is 0 Å². The predicted octanol–water partition coefficient (Wildman–Crippen LogP) is 3.80. The molecule has 0 radical (unpaired) electrons. The standard InChI is InChI=1S/C25H22N2O4/c28-23(13-17-7-3-6-16-5-1-2-9-20(16)17)26-18-10-11-21-22(14-18)25(30)27(24(21)29)15-19-8-4-12-31-19/h1-3,5-7,9-11,14,19H,4,8,12-13,15H2,(H,26,28). The van der Waals surface area contributed by atoms with E-state index >= 15 is 0 Å². The minimum absolute atomic E-state index is 0.0953. The molecule has 6 nitrogen and oxygen atoms in total. The second-order valence-corrected chi connectivity index (χ2v) is 7.98. The molecule has 156 valence electrons. The van der Waals surface area contributed by atoms with Gasteiger partial charge in [0, 0.05) is 12.3 Å². The Bertz CT molecular complexity index is 1190. The first-order chi connectivity index (χ1) is 15.1. The Kier molecular flexibility index (Phi) is 5.00. The highest BCUT2D eigenvalue weighted by molar-refractivity contribution is 6.22. The summed E-state index contributed by atoms with van der Waals surface area (Å²) in [6.07, 6.45) is 1.92. The number of hydrogen-bond donors (Lipinski definition) is 1. The van der Waals surface area contributed by atoms with E-state index < -0.39 is 0 Å². The van der Waals surface area contributed by atoms with Gasteiger partial charge in [-0.25, -0.2) is 0 Å². The van der Waals surface area contributed by atoms with Crippen molar-refractivity contribution >= 4 is 34.2 Å². The fourth-order valence-corrected chi connectivity index (χ4v) is 4.35. The van der Waals surface area contributed by atoms with E-state index in [9.17, 15) is 14.4 Å². The lowest BCUT2D eigenvalue weighted by atomic mass is 10.0. The Balaban J connectivity index is 1.31. The van der Waals surface area contributed by atoms with Crippen LogP contribution >= 0.6 is 0 Å². The summed E-state index contributed by atoms with van der Waals surface area (Å²) in [7, 11) is 0. The van der Waals surface area contributed by atoms with E-state index in [1.807, 2.05) is 42.5 Å². The molecule has 1 atom stereocenters. The van der Waals surface area contributed by atoms with Crippen molar-refractivity contribution in [3.63, 3.8) is 0 Å². The first-order valence-electron chi connectivity index (χ1n) is 10.5. The first kappa shape index (κ1) is 19.5. The fourth-order valence-electron chi connectivity index (χ4n) is 4.35. The molecule has 0 spiro atoms. The molecule has 1 fully saturated rings. The molecule has 6 heteroatoms. The van der Waals surface area contributed by atoms with Gasteiger partial charge in [0.2, 0.25) is 5.91 Å². The number of carbonyl (C=O) groups is 3. The summed E-state index contributed by atoms with van der Waals surface area (Å²) in [5.41, 5.74) is 2.14. The zero-order valence-corrected chi connectivity index (χ0v) is 17.0. The third-order valence-electron chi connectivity index (χ3n) is 5.90. The average Bonchev–Trinajstić information content (AvgIpc) is 3.37. The average molecular weight is 414 g/mol. The van der Waals surface area contributed by atoms with Gasteiger partial charge in [0.15, 0.2) is 0 Å². The van der Waals surface area contributed by atoms with Gasteiger partial charge in [-0.15, -0.1) is 0 Å². The summed E-state index contributed by atoms with van der Waals surface area (Å²) in [6.45, 7) is 0.940. The number of amides is 3. The summed E-state index contributed by atoms with van der Waals surface area (Å²) in [5.74, 6) is -0.811. The normalized spacial score (nSPS) is 17.9. The number of anilines is 1. The van der Waals surface area contributed by atoms with Crippen LogP contribution in [0.4, 0.5) is 5.69 Å². The van der Waals surface area contributed by atoms with Crippen LogP contribution < -0.4 is 5.32 Å². The Labute approximate surface area is 179 Å². The number of carbonyl (C=O) groups excluding carboxylic acids is 3. The Morgan fingerprint density at radius 2 is 1.81 bits per heavy atom. The first-order valence-corrected chi connectivity index (χ1v) is 10.5. The lowest BCUT2D eigenvalue weighted by molar-refractivity contribution is -0.115. The maximum atomic E-state index is 12.8. The largest absolute Gasteiger partial charge is 0.376 e. The van der Waals surface area contributed by atoms with Crippen LogP contribution in [0.5, 0.6) is 0 Å². The number of imide groups is 1. The minimum atomic E-state index is -0.333. The van der Waals surface area contributed by atoms with Crippen molar-refractivity contribution in [2.75, 3.05) is 18.5 Å². The van der Waals surface area contributed by atoms with Crippen molar-refractivity contribution in [1.29, 1.82) is 0 Å². The number of rotatable bonds is 5. The third-order valence-corrected chi connectivity index (χ3v) is 5.90. The summed E-state index contributed by atoms with van der Waals surface area (Å²) in [6, 6.07) is 18.7. The van der Waals surface area contributed by atoms with Crippen molar-refractivity contribution in [2.45, 2.75) is 25.4 Å². The van der Waals surface area contributed by atoms with Crippen LogP contribution in [0.1, 0.15) is 39.1 Å². The Hall–Kier alpha value is -3.51. The van der Waals surface area contributed by atoms with E-state index in [1.54, 1.807) is 18.2 Å². The molecule has 2 heterocycles. The third kappa shape index (κ3) is 3.70. The molecule has 0 aromatic heterocycles. The van der Waals surface area contributed by atoms with Gasteiger partial charge in [-0.3, -0.25) is 19.3 Å². The summed E-state index contributed by atoms with van der Waals surface area (Å²) in [5, 5.41) is 4.99. The molecule has 2 aliphatic heterocycles. The molecule has 31 heavy (non-hydrogen) atoms. The molecular weight excluding hydrogens is 392 g/mol. The second kappa shape index (κ2) is 7.96. The number of fused-ring (bicyclic) bond motifs is 2. The van der Waals surface area contributed by atoms with Crippen molar-refractivity contribution in [2.24, 2.45) is 0 Å². The van der Waals surface area contributed by atoms with E-state index in [0.717, 1.165) is 29.2 Å². The summed E-state index contributed by atoms with van der Waals surface area (Å²) in [4.78, 5) is 39.4. The van der Waals surface area contributed by atoms with Crippen LogP contribution in [-0.2, 0) is 16.0 Å². The van der Waals surface area contributed by atoms with E-state index in [-0.39, 0.29) is 36.8 Å². The highest BCUT2D eigenvalue weighted by Gasteiger charge is 2.37. The van der Waals surface area contributed by atoms with E-state index in [0.29, 0.717) is 23.4 Å².